The van der Waals surface area contributed by atoms with Crippen molar-refractivity contribution in [2.75, 3.05) is 13.2 Å². The molecule has 1 aromatic rings. The number of Topliss-reactive ketones (excluding diaryl/α,β-unsaturated/α-hetero) is 1. The van der Waals surface area contributed by atoms with Crippen molar-refractivity contribution in [3.63, 3.8) is 0 Å². The highest BCUT2D eigenvalue weighted by Gasteiger charge is 2.13. The molecule has 0 aromatic heterocycles. The van der Waals surface area contributed by atoms with Crippen LogP contribution in [-0.4, -0.2) is 24.9 Å². The Morgan fingerprint density at radius 1 is 1.44 bits per heavy atom. The Hall–Kier alpha value is -2.22. The second-order valence-electron chi connectivity index (χ2n) is 3.73. The average Bonchev–Trinajstić information content (AvgIpc) is 2.38. The molecular formula is C13H13FN2O2. The highest BCUT2D eigenvalue weighted by atomic mass is 19.1. The highest BCUT2D eigenvalue weighted by molar-refractivity contribution is 6.01. The van der Waals surface area contributed by atoms with E-state index in [0.717, 1.165) is 0 Å². The number of ketones is 1. The molecule has 0 spiro atoms. The molecule has 0 radical (unpaired) electrons. The number of carbonyl (C=O) groups excluding carboxylic acids is 2. The number of halogens is 1. The maximum Gasteiger partial charge on any atom is 0.252 e. The average molecular weight is 248 g/mol. The Morgan fingerprint density at radius 2 is 2.17 bits per heavy atom. The summed E-state index contributed by atoms with van der Waals surface area (Å²) in [6.07, 6.45) is 0.222. The van der Waals surface area contributed by atoms with Gasteiger partial charge < -0.3 is 5.32 Å². The van der Waals surface area contributed by atoms with Crippen LogP contribution in [0.1, 0.15) is 39.6 Å². The number of amides is 1. The van der Waals surface area contributed by atoms with E-state index in [9.17, 15) is 14.0 Å². The molecule has 18 heavy (non-hydrogen) atoms. The van der Waals surface area contributed by atoms with Gasteiger partial charge in [0.25, 0.3) is 5.91 Å². The number of nitrogens with one attached hydrogen (secondary N) is 1. The van der Waals surface area contributed by atoms with E-state index < -0.39 is 12.6 Å². The van der Waals surface area contributed by atoms with Gasteiger partial charge in [-0.05, 0) is 25.5 Å². The molecule has 4 nitrogen and oxygen atoms in total. The molecule has 0 atom stereocenters. The van der Waals surface area contributed by atoms with Crippen molar-refractivity contribution in [2.24, 2.45) is 0 Å². The van der Waals surface area contributed by atoms with E-state index in [1.54, 1.807) is 0 Å². The first-order valence-electron chi connectivity index (χ1n) is 5.49. The van der Waals surface area contributed by atoms with Crippen molar-refractivity contribution in [3.05, 3.63) is 34.9 Å². The van der Waals surface area contributed by atoms with Gasteiger partial charge in [0.05, 0.1) is 23.9 Å². The van der Waals surface area contributed by atoms with Crippen LogP contribution in [-0.2, 0) is 0 Å². The Balaban J connectivity index is 2.98. The third-order valence-electron chi connectivity index (χ3n) is 2.39. The zero-order valence-electron chi connectivity index (χ0n) is 10.00. The van der Waals surface area contributed by atoms with E-state index in [0.29, 0.717) is 5.56 Å². The lowest BCUT2D eigenvalue weighted by Crippen LogP contribution is -2.25. The second-order valence-corrected chi connectivity index (χ2v) is 3.73. The van der Waals surface area contributed by atoms with Gasteiger partial charge in [-0.3, -0.25) is 14.0 Å². The van der Waals surface area contributed by atoms with Crippen LogP contribution >= 0.6 is 0 Å². The minimum atomic E-state index is -0.515. The Labute approximate surface area is 104 Å². The second kappa shape index (κ2) is 6.50. The van der Waals surface area contributed by atoms with Crippen LogP contribution in [0.2, 0.25) is 0 Å². The normalized spacial score (nSPS) is 9.61. The van der Waals surface area contributed by atoms with E-state index >= 15 is 0 Å². The molecule has 0 saturated heterocycles. The number of hydrogen-bond donors (Lipinski definition) is 1. The van der Waals surface area contributed by atoms with E-state index in [1.165, 1.54) is 25.1 Å². The first-order valence-corrected chi connectivity index (χ1v) is 5.49. The van der Waals surface area contributed by atoms with Gasteiger partial charge in [0, 0.05) is 12.1 Å². The number of rotatable bonds is 5. The van der Waals surface area contributed by atoms with Gasteiger partial charge in [-0.15, -0.1) is 0 Å². The van der Waals surface area contributed by atoms with Crippen LogP contribution in [0, 0.1) is 11.3 Å². The summed E-state index contributed by atoms with van der Waals surface area (Å²) in [7, 11) is 0. The van der Waals surface area contributed by atoms with Gasteiger partial charge in [-0.2, -0.15) is 5.26 Å². The summed E-state index contributed by atoms with van der Waals surface area (Å²) < 4.78 is 11.9. The number of alkyl halides is 1. The fourth-order valence-electron chi connectivity index (χ4n) is 1.41. The van der Waals surface area contributed by atoms with Gasteiger partial charge in [0.2, 0.25) is 0 Å². The van der Waals surface area contributed by atoms with Crippen LogP contribution in [0.3, 0.4) is 0 Å². The third kappa shape index (κ3) is 3.39. The molecule has 0 aliphatic rings. The van der Waals surface area contributed by atoms with Crippen molar-refractivity contribution >= 4 is 11.7 Å². The Bertz CT molecular complexity index is 506. The molecule has 5 heteroatoms. The van der Waals surface area contributed by atoms with Crippen LogP contribution in [0.15, 0.2) is 18.2 Å². The summed E-state index contributed by atoms with van der Waals surface area (Å²) in [6, 6.07) is 6.20. The summed E-state index contributed by atoms with van der Waals surface area (Å²) in [6.45, 7) is 1.07. The zero-order valence-corrected chi connectivity index (χ0v) is 10.00. The number of nitriles is 1. The molecule has 0 heterocycles. The molecule has 0 saturated carbocycles. The van der Waals surface area contributed by atoms with Crippen molar-refractivity contribution in [1.29, 1.82) is 5.26 Å². The number of hydrogen-bond acceptors (Lipinski definition) is 3. The van der Waals surface area contributed by atoms with Crippen LogP contribution < -0.4 is 5.32 Å². The summed E-state index contributed by atoms with van der Waals surface area (Å²) in [5.41, 5.74) is 0.700. The van der Waals surface area contributed by atoms with Gasteiger partial charge >= 0.3 is 0 Å². The van der Waals surface area contributed by atoms with E-state index in [-0.39, 0.29) is 29.9 Å². The zero-order chi connectivity index (χ0) is 13.5. The van der Waals surface area contributed by atoms with Crippen LogP contribution in [0.4, 0.5) is 4.39 Å². The van der Waals surface area contributed by atoms with E-state index in [1.807, 2.05) is 6.07 Å². The maximum atomic E-state index is 11.9. The Kier molecular flexibility index (Phi) is 5.00. The molecule has 0 fully saturated rings. The monoisotopic (exact) mass is 248 g/mol. The lowest BCUT2D eigenvalue weighted by Gasteiger charge is -2.06. The molecule has 94 valence electrons. The SMILES string of the molecule is CC(=O)c1ccc(C#N)c(C(=O)NCCCF)c1. The summed E-state index contributed by atoms with van der Waals surface area (Å²) >= 11 is 0. The lowest BCUT2D eigenvalue weighted by molar-refractivity contribution is 0.0952. The predicted molar refractivity (Wildman–Crippen MR) is 64.1 cm³/mol. The van der Waals surface area contributed by atoms with Crippen LogP contribution in [0.25, 0.3) is 0 Å². The molecule has 1 amide bonds. The fraction of sp³-hybridized carbons (Fsp3) is 0.308. The Morgan fingerprint density at radius 3 is 2.72 bits per heavy atom. The summed E-state index contributed by atoms with van der Waals surface area (Å²) in [5, 5.41) is 11.4. The highest BCUT2D eigenvalue weighted by Crippen LogP contribution is 2.12. The molecule has 1 N–H and O–H groups in total. The fourth-order valence-corrected chi connectivity index (χ4v) is 1.41. The lowest BCUT2D eigenvalue weighted by atomic mass is 10.0. The number of nitrogens with zero attached hydrogens (tertiary/aromatic N) is 1. The minimum absolute atomic E-state index is 0.143. The minimum Gasteiger partial charge on any atom is -0.352 e. The molecular weight excluding hydrogens is 235 g/mol. The summed E-state index contributed by atoms with van der Waals surface area (Å²) in [5.74, 6) is -0.652. The molecule has 1 aromatic carbocycles. The first-order chi connectivity index (χ1) is 8.60. The maximum absolute atomic E-state index is 11.9. The van der Waals surface area contributed by atoms with Gasteiger partial charge in [0.1, 0.15) is 0 Å². The van der Waals surface area contributed by atoms with Crippen molar-refractivity contribution in [3.8, 4) is 6.07 Å². The van der Waals surface area contributed by atoms with Crippen molar-refractivity contribution in [1.82, 2.24) is 5.32 Å². The largest absolute Gasteiger partial charge is 0.352 e. The van der Waals surface area contributed by atoms with Gasteiger partial charge in [0.15, 0.2) is 5.78 Å². The molecule has 0 unspecified atom stereocenters. The molecule has 0 aliphatic carbocycles. The van der Waals surface area contributed by atoms with E-state index in [4.69, 9.17) is 5.26 Å². The van der Waals surface area contributed by atoms with Crippen molar-refractivity contribution in [2.45, 2.75) is 13.3 Å². The van der Waals surface area contributed by atoms with Gasteiger partial charge in [-0.25, -0.2) is 0 Å². The number of benzene rings is 1. The van der Waals surface area contributed by atoms with Gasteiger partial charge in [-0.1, -0.05) is 6.07 Å². The standard InChI is InChI=1S/C13H13FN2O2/c1-9(17)10-3-4-11(8-15)12(7-10)13(18)16-6-2-5-14/h3-4,7H,2,5-6H2,1H3,(H,16,18). The quantitative estimate of drug-likeness (QED) is 0.638. The smallest absolute Gasteiger partial charge is 0.252 e. The number of carbonyl (C=O) groups is 2. The molecule has 0 aliphatic heterocycles. The van der Waals surface area contributed by atoms with Crippen LogP contribution in [0.5, 0.6) is 0 Å². The predicted octanol–water partition coefficient (Wildman–Crippen LogP) is 1.85. The first kappa shape index (κ1) is 13.8. The van der Waals surface area contributed by atoms with E-state index in [2.05, 4.69) is 5.32 Å². The molecule has 1 rings (SSSR count). The topological polar surface area (TPSA) is 70.0 Å². The molecule has 0 bridgehead atoms. The van der Waals surface area contributed by atoms with Crippen molar-refractivity contribution < 1.29 is 14.0 Å². The third-order valence-corrected chi connectivity index (χ3v) is 2.39. The summed E-state index contributed by atoms with van der Waals surface area (Å²) in [4.78, 5) is 23.0.